The van der Waals surface area contributed by atoms with E-state index in [2.05, 4.69) is 19.2 Å². The van der Waals surface area contributed by atoms with Crippen molar-refractivity contribution in [3.63, 3.8) is 0 Å². The average Bonchev–Trinajstić information content (AvgIpc) is 2.68. The zero-order chi connectivity index (χ0) is 20.5. The molecule has 28 heavy (non-hydrogen) atoms. The first-order chi connectivity index (χ1) is 13.4. The average molecular weight is 383 g/mol. The van der Waals surface area contributed by atoms with E-state index in [1.807, 2.05) is 54.6 Å². The highest BCUT2D eigenvalue weighted by molar-refractivity contribution is 5.87. The highest BCUT2D eigenvalue weighted by Gasteiger charge is 2.25. The molecule has 0 heterocycles. The molecule has 0 spiro atoms. The number of hydrogen-bond acceptors (Lipinski definition) is 4. The molecular formula is C23H29NO4. The molecule has 2 atom stereocenters. The number of rotatable bonds is 9. The second kappa shape index (κ2) is 10.5. The van der Waals surface area contributed by atoms with Crippen molar-refractivity contribution in [1.29, 1.82) is 0 Å². The van der Waals surface area contributed by atoms with E-state index in [4.69, 9.17) is 9.47 Å². The minimum Gasteiger partial charge on any atom is -0.481 e. The van der Waals surface area contributed by atoms with Crippen molar-refractivity contribution in [2.45, 2.75) is 52.2 Å². The fourth-order valence-corrected chi connectivity index (χ4v) is 2.76. The molecule has 5 nitrogen and oxygen atoms in total. The minimum atomic E-state index is -0.760. The minimum absolute atomic E-state index is 0.258. The van der Waals surface area contributed by atoms with Crippen molar-refractivity contribution in [2.24, 2.45) is 0 Å². The normalized spacial score (nSPS) is 12.9. The van der Waals surface area contributed by atoms with Gasteiger partial charge in [0.15, 0.2) is 6.10 Å². The van der Waals surface area contributed by atoms with Gasteiger partial charge in [-0.15, -0.1) is 0 Å². The summed E-state index contributed by atoms with van der Waals surface area (Å²) in [6, 6.07) is 16.4. The van der Waals surface area contributed by atoms with Gasteiger partial charge in [0, 0.05) is 6.42 Å². The molecule has 0 bridgehead atoms. The van der Waals surface area contributed by atoms with E-state index in [1.54, 1.807) is 13.8 Å². The van der Waals surface area contributed by atoms with Crippen LogP contribution in [-0.4, -0.2) is 30.6 Å². The van der Waals surface area contributed by atoms with Gasteiger partial charge in [0.1, 0.15) is 11.8 Å². The van der Waals surface area contributed by atoms with Crippen LogP contribution in [0.15, 0.2) is 54.6 Å². The van der Waals surface area contributed by atoms with Crippen LogP contribution in [0, 0.1) is 0 Å². The zero-order valence-electron chi connectivity index (χ0n) is 17.0. The molecule has 0 aliphatic heterocycles. The zero-order valence-corrected chi connectivity index (χ0v) is 17.0. The Bertz CT molecular complexity index is 756. The van der Waals surface area contributed by atoms with Crippen molar-refractivity contribution in [3.05, 3.63) is 65.7 Å². The van der Waals surface area contributed by atoms with Gasteiger partial charge in [-0.1, -0.05) is 56.3 Å². The fourth-order valence-electron chi connectivity index (χ4n) is 2.76. The lowest BCUT2D eigenvalue weighted by atomic mass is 10.0. The van der Waals surface area contributed by atoms with Gasteiger partial charge in [-0.25, -0.2) is 4.79 Å². The van der Waals surface area contributed by atoms with Crippen LogP contribution >= 0.6 is 0 Å². The Balaban J connectivity index is 2.01. The van der Waals surface area contributed by atoms with Crippen molar-refractivity contribution in [3.8, 4) is 5.75 Å². The predicted molar refractivity (Wildman–Crippen MR) is 109 cm³/mol. The lowest BCUT2D eigenvalue weighted by molar-refractivity contribution is -0.148. The third kappa shape index (κ3) is 6.41. The third-order valence-electron chi connectivity index (χ3n) is 4.40. The van der Waals surface area contributed by atoms with Gasteiger partial charge in [-0.3, -0.25) is 4.79 Å². The molecule has 2 unspecified atom stereocenters. The summed E-state index contributed by atoms with van der Waals surface area (Å²) < 4.78 is 10.9. The van der Waals surface area contributed by atoms with Crippen LogP contribution in [-0.2, 0) is 20.7 Å². The standard InChI is InChI=1S/C23H29NO4/c1-5-27-23(26)21(15-18-9-7-6-8-10-18)24-22(25)17(4)28-20-13-11-19(12-14-20)16(2)3/h6-14,16-17,21H,5,15H2,1-4H3,(H,24,25). The largest absolute Gasteiger partial charge is 0.481 e. The van der Waals surface area contributed by atoms with Gasteiger partial charge in [-0.2, -0.15) is 0 Å². The third-order valence-corrected chi connectivity index (χ3v) is 4.40. The van der Waals surface area contributed by atoms with Gasteiger partial charge in [0.25, 0.3) is 5.91 Å². The number of carbonyl (C=O) groups excluding carboxylic acids is 2. The topological polar surface area (TPSA) is 64.6 Å². The van der Waals surface area contributed by atoms with E-state index in [1.165, 1.54) is 5.56 Å². The summed E-state index contributed by atoms with van der Waals surface area (Å²) in [6.45, 7) is 7.90. The summed E-state index contributed by atoms with van der Waals surface area (Å²) in [5, 5.41) is 2.76. The van der Waals surface area contributed by atoms with Crippen LogP contribution < -0.4 is 10.1 Å². The molecule has 0 saturated carbocycles. The summed E-state index contributed by atoms with van der Waals surface area (Å²) >= 11 is 0. The highest BCUT2D eigenvalue weighted by atomic mass is 16.5. The molecule has 1 amide bonds. The molecule has 2 aromatic carbocycles. The van der Waals surface area contributed by atoms with E-state index in [9.17, 15) is 9.59 Å². The van der Waals surface area contributed by atoms with Crippen LogP contribution in [0.2, 0.25) is 0 Å². The maximum Gasteiger partial charge on any atom is 0.328 e. The van der Waals surface area contributed by atoms with E-state index in [0.29, 0.717) is 18.1 Å². The van der Waals surface area contributed by atoms with Crippen molar-refractivity contribution in [2.75, 3.05) is 6.61 Å². The number of benzene rings is 2. The predicted octanol–water partition coefficient (Wildman–Crippen LogP) is 3.87. The van der Waals surface area contributed by atoms with E-state index < -0.39 is 18.1 Å². The maximum absolute atomic E-state index is 12.6. The van der Waals surface area contributed by atoms with Gasteiger partial charge in [0.05, 0.1) is 6.61 Å². The molecule has 0 saturated heterocycles. The van der Waals surface area contributed by atoms with Crippen molar-refractivity contribution in [1.82, 2.24) is 5.32 Å². The number of esters is 1. The molecule has 0 aromatic heterocycles. The second-order valence-electron chi connectivity index (χ2n) is 6.99. The Morgan fingerprint density at radius 2 is 1.61 bits per heavy atom. The first-order valence-electron chi connectivity index (χ1n) is 9.68. The lowest BCUT2D eigenvalue weighted by Gasteiger charge is -2.21. The number of hydrogen-bond donors (Lipinski definition) is 1. The maximum atomic E-state index is 12.6. The Hall–Kier alpha value is -2.82. The summed E-state index contributed by atoms with van der Waals surface area (Å²) in [6.07, 6.45) is -0.376. The molecular weight excluding hydrogens is 354 g/mol. The Morgan fingerprint density at radius 1 is 0.964 bits per heavy atom. The van der Waals surface area contributed by atoms with E-state index in [-0.39, 0.29) is 12.5 Å². The molecule has 0 aliphatic carbocycles. The quantitative estimate of drug-likeness (QED) is 0.668. The number of amides is 1. The number of ether oxygens (including phenoxy) is 2. The van der Waals surface area contributed by atoms with E-state index >= 15 is 0 Å². The molecule has 2 aromatic rings. The van der Waals surface area contributed by atoms with Gasteiger partial charge >= 0.3 is 5.97 Å². The fraction of sp³-hybridized carbons (Fsp3) is 0.391. The number of carbonyl (C=O) groups is 2. The first kappa shape index (κ1) is 21.5. The van der Waals surface area contributed by atoms with Crippen LogP contribution in [0.5, 0.6) is 5.75 Å². The summed E-state index contributed by atoms with van der Waals surface area (Å²) in [5.41, 5.74) is 2.15. The Kier molecular flexibility index (Phi) is 8.05. The van der Waals surface area contributed by atoms with Gasteiger partial charge < -0.3 is 14.8 Å². The number of nitrogens with one attached hydrogen (secondary N) is 1. The van der Waals surface area contributed by atoms with Gasteiger partial charge in [-0.05, 0) is 43.0 Å². The highest BCUT2D eigenvalue weighted by Crippen LogP contribution is 2.19. The van der Waals surface area contributed by atoms with Crippen molar-refractivity contribution >= 4 is 11.9 Å². The Morgan fingerprint density at radius 3 is 2.18 bits per heavy atom. The smallest absolute Gasteiger partial charge is 0.328 e. The summed E-state index contributed by atoms with van der Waals surface area (Å²) in [5.74, 6) is 0.232. The SMILES string of the molecule is CCOC(=O)C(Cc1ccccc1)NC(=O)C(C)Oc1ccc(C(C)C)cc1. The Labute approximate surface area is 167 Å². The van der Waals surface area contributed by atoms with Gasteiger partial charge in [0.2, 0.25) is 0 Å². The molecule has 0 radical (unpaired) electrons. The van der Waals surface area contributed by atoms with Crippen LogP contribution in [0.4, 0.5) is 0 Å². The first-order valence-corrected chi connectivity index (χ1v) is 9.68. The summed E-state index contributed by atoms with van der Waals surface area (Å²) in [7, 11) is 0. The molecule has 0 aliphatic rings. The lowest BCUT2D eigenvalue weighted by Crippen LogP contribution is -2.48. The molecule has 1 N–H and O–H groups in total. The second-order valence-corrected chi connectivity index (χ2v) is 6.99. The summed E-state index contributed by atoms with van der Waals surface area (Å²) in [4.78, 5) is 24.9. The van der Waals surface area contributed by atoms with Crippen LogP contribution in [0.1, 0.15) is 44.7 Å². The van der Waals surface area contributed by atoms with Crippen molar-refractivity contribution < 1.29 is 19.1 Å². The van der Waals surface area contributed by atoms with Crippen LogP contribution in [0.3, 0.4) is 0 Å². The molecule has 5 heteroatoms. The molecule has 150 valence electrons. The van der Waals surface area contributed by atoms with E-state index in [0.717, 1.165) is 5.56 Å². The monoisotopic (exact) mass is 383 g/mol. The molecule has 0 fully saturated rings. The van der Waals surface area contributed by atoms with Crippen LogP contribution in [0.25, 0.3) is 0 Å². The molecule has 2 rings (SSSR count).